The zero-order valence-electron chi connectivity index (χ0n) is 11.9. The quantitative estimate of drug-likeness (QED) is 0.898. The minimum absolute atomic E-state index is 0.0444. The highest BCUT2D eigenvalue weighted by molar-refractivity contribution is 5.83. The third-order valence-corrected chi connectivity index (χ3v) is 3.84. The Bertz CT molecular complexity index is 535. The monoisotopic (exact) mass is 294 g/mol. The topological polar surface area (TPSA) is 69.6 Å². The average Bonchev–Trinajstić information content (AvgIpc) is 2.45. The largest absolute Gasteiger partial charge is 0.480 e. The number of nitrogens with one attached hydrogen (secondary N) is 1. The second kappa shape index (κ2) is 6.56. The molecular formula is C15H19FN2O3. The van der Waals surface area contributed by atoms with Gasteiger partial charge in [0.05, 0.1) is 0 Å². The first-order chi connectivity index (χ1) is 10.0. The summed E-state index contributed by atoms with van der Waals surface area (Å²) in [6.07, 6.45) is 1.56. The van der Waals surface area contributed by atoms with Gasteiger partial charge in [0.25, 0.3) is 0 Å². The Morgan fingerprint density at radius 3 is 2.81 bits per heavy atom. The number of hydrogen-bond donors (Lipinski definition) is 2. The van der Waals surface area contributed by atoms with Crippen molar-refractivity contribution < 1.29 is 19.1 Å². The first kappa shape index (κ1) is 15.3. The first-order valence-electron chi connectivity index (χ1n) is 7.01. The van der Waals surface area contributed by atoms with Gasteiger partial charge < -0.3 is 15.3 Å². The Morgan fingerprint density at radius 2 is 2.14 bits per heavy atom. The third-order valence-electron chi connectivity index (χ3n) is 3.84. The molecule has 2 rings (SSSR count). The Kier molecular flexibility index (Phi) is 4.77. The maximum atomic E-state index is 13.5. The molecule has 6 heteroatoms. The van der Waals surface area contributed by atoms with Gasteiger partial charge in [-0.25, -0.2) is 14.0 Å². The van der Waals surface area contributed by atoms with Crippen LogP contribution in [-0.4, -0.2) is 34.6 Å². The Labute approximate surface area is 122 Å². The van der Waals surface area contributed by atoms with E-state index < -0.39 is 18.0 Å². The molecule has 1 heterocycles. The van der Waals surface area contributed by atoms with Crippen LogP contribution < -0.4 is 5.32 Å². The van der Waals surface area contributed by atoms with Crippen molar-refractivity contribution in [2.24, 2.45) is 5.92 Å². The number of urea groups is 1. The number of amides is 2. The number of likely N-dealkylation sites (tertiary alicyclic amines) is 1. The zero-order valence-corrected chi connectivity index (χ0v) is 11.9. The van der Waals surface area contributed by atoms with Crippen LogP contribution in [0.15, 0.2) is 24.3 Å². The number of rotatable bonds is 3. The number of halogens is 1. The normalized spacial score (nSPS) is 21.9. The summed E-state index contributed by atoms with van der Waals surface area (Å²) < 4.78 is 13.5. The third kappa shape index (κ3) is 3.51. The molecule has 1 aromatic carbocycles. The molecule has 0 aromatic heterocycles. The summed E-state index contributed by atoms with van der Waals surface area (Å²) in [5.74, 6) is -1.47. The van der Waals surface area contributed by atoms with Crippen LogP contribution in [0.25, 0.3) is 0 Å². The number of carboxylic acid groups (broad SMARTS) is 1. The molecule has 1 aliphatic rings. The van der Waals surface area contributed by atoms with Crippen LogP contribution in [0.2, 0.25) is 0 Å². The lowest BCUT2D eigenvalue weighted by atomic mass is 9.91. The predicted molar refractivity (Wildman–Crippen MR) is 75.2 cm³/mol. The maximum absolute atomic E-state index is 13.5. The molecule has 2 N–H and O–H groups in total. The van der Waals surface area contributed by atoms with Crippen molar-refractivity contribution in [1.82, 2.24) is 10.2 Å². The van der Waals surface area contributed by atoms with Gasteiger partial charge in [-0.2, -0.15) is 0 Å². The lowest BCUT2D eigenvalue weighted by Gasteiger charge is -2.37. The molecule has 1 aromatic rings. The van der Waals surface area contributed by atoms with Gasteiger partial charge in [0.1, 0.15) is 11.9 Å². The fourth-order valence-electron chi connectivity index (χ4n) is 2.71. The minimum atomic E-state index is -0.997. The molecule has 114 valence electrons. The van der Waals surface area contributed by atoms with Gasteiger partial charge in [-0.3, -0.25) is 0 Å². The van der Waals surface area contributed by atoms with Crippen molar-refractivity contribution in [1.29, 1.82) is 0 Å². The number of carboxylic acids is 1. The van der Waals surface area contributed by atoms with Crippen molar-refractivity contribution in [2.45, 2.75) is 32.4 Å². The van der Waals surface area contributed by atoms with E-state index in [-0.39, 0.29) is 18.3 Å². The van der Waals surface area contributed by atoms with Crippen molar-refractivity contribution in [3.63, 3.8) is 0 Å². The van der Waals surface area contributed by atoms with E-state index in [2.05, 4.69) is 5.32 Å². The SMILES string of the molecule is CC1CCCN(C(=O)NCc2ccccc2F)C1C(=O)O. The Balaban J connectivity index is 2.02. The van der Waals surface area contributed by atoms with Crippen LogP contribution in [0.1, 0.15) is 25.3 Å². The standard InChI is InChI=1S/C15H19FN2O3/c1-10-5-4-8-18(13(10)14(19)20)15(21)17-9-11-6-2-3-7-12(11)16/h2-3,6-7,10,13H,4-5,8-9H2,1H3,(H,17,21)(H,19,20). The molecule has 1 saturated heterocycles. The maximum Gasteiger partial charge on any atom is 0.326 e. The number of hydrogen-bond acceptors (Lipinski definition) is 2. The molecule has 1 fully saturated rings. The van der Waals surface area contributed by atoms with Crippen LogP contribution in [0, 0.1) is 11.7 Å². The Hall–Kier alpha value is -2.11. The van der Waals surface area contributed by atoms with Crippen LogP contribution in [0.3, 0.4) is 0 Å². The summed E-state index contributed by atoms with van der Waals surface area (Å²) in [4.78, 5) is 24.8. The van der Waals surface area contributed by atoms with E-state index in [1.54, 1.807) is 18.2 Å². The highest BCUT2D eigenvalue weighted by atomic mass is 19.1. The average molecular weight is 294 g/mol. The summed E-state index contributed by atoms with van der Waals surface area (Å²) in [5.41, 5.74) is 0.378. The van der Waals surface area contributed by atoms with Gasteiger partial charge in [-0.05, 0) is 24.8 Å². The number of benzene rings is 1. The summed E-state index contributed by atoms with van der Waals surface area (Å²) in [6.45, 7) is 2.28. The minimum Gasteiger partial charge on any atom is -0.480 e. The van der Waals surface area contributed by atoms with Crippen molar-refractivity contribution >= 4 is 12.0 Å². The smallest absolute Gasteiger partial charge is 0.326 e. The number of nitrogens with zero attached hydrogens (tertiary/aromatic N) is 1. The van der Waals surface area contributed by atoms with Crippen molar-refractivity contribution in [3.8, 4) is 0 Å². The fourth-order valence-corrected chi connectivity index (χ4v) is 2.71. The Morgan fingerprint density at radius 1 is 1.43 bits per heavy atom. The molecule has 5 nitrogen and oxygen atoms in total. The van der Waals surface area contributed by atoms with Gasteiger partial charge in [-0.15, -0.1) is 0 Å². The van der Waals surface area contributed by atoms with Gasteiger partial charge in [0.2, 0.25) is 0 Å². The molecule has 2 amide bonds. The lowest BCUT2D eigenvalue weighted by Crippen LogP contribution is -2.54. The van der Waals surface area contributed by atoms with Gasteiger partial charge in [-0.1, -0.05) is 25.1 Å². The molecule has 0 radical (unpaired) electrons. The first-order valence-corrected chi connectivity index (χ1v) is 7.01. The molecule has 0 saturated carbocycles. The molecule has 0 aliphatic carbocycles. The summed E-state index contributed by atoms with van der Waals surface area (Å²) in [6, 6.07) is 4.89. The number of aliphatic carboxylic acids is 1. The van der Waals surface area contributed by atoms with Gasteiger partial charge in [0, 0.05) is 18.7 Å². The summed E-state index contributed by atoms with van der Waals surface area (Å²) in [5, 5.41) is 11.9. The van der Waals surface area contributed by atoms with Crippen LogP contribution in [-0.2, 0) is 11.3 Å². The molecule has 0 spiro atoms. The van der Waals surface area contributed by atoms with Gasteiger partial charge >= 0.3 is 12.0 Å². The van der Waals surface area contributed by atoms with E-state index in [4.69, 9.17) is 0 Å². The van der Waals surface area contributed by atoms with E-state index in [1.807, 2.05) is 6.92 Å². The van der Waals surface area contributed by atoms with E-state index in [9.17, 15) is 19.1 Å². The van der Waals surface area contributed by atoms with Crippen molar-refractivity contribution in [3.05, 3.63) is 35.6 Å². The highest BCUT2D eigenvalue weighted by Gasteiger charge is 2.36. The lowest BCUT2D eigenvalue weighted by molar-refractivity contribution is -0.145. The molecular weight excluding hydrogens is 275 g/mol. The fraction of sp³-hybridized carbons (Fsp3) is 0.467. The van der Waals surface area contributed by atoms with Gasteiger partial charge in [0.15, 0.2) is 0 Å². The van der Waals surface area contributed by atoms with E-state index in [1.165, 1.54) is 11.0 Å². The number of carbonyl (C=O) groups is 2. The molecule has 2 atom stereocenters. The second-order valence-electron chi connectivity index (χ2n) is 5.35. The van der Waals surface area contributed by atoms with Crippen LogP contribution in [0.4, 0.5) is 9.18 Å². The number of carbonyl (C=O) groups excluding carboxylic acids is 1. The number of piperidine rings is 1. The highest BCUT2D eigenvalue weighted by Crippen LogP contribution is 2.23. The molecule has 0 bridgehead atoms. The molecule has 21 heavy (non-hydrogen) atoms. The van der Waals surface area contributed by atoms with E-state index >= 15 is 0 Å². The second-order valence-corrected chi connectivity index (χ2v) is 5.35. The zero-order chi connectivity index (χ0) is 15.4. The van der Waals surface area contributed by atoms with Crippen molar-refractivity contribution in [2.75, 3.05) is 6.54 Å². The molecule has 1 aliphatic heterocycles. The summed E-state index contributed by atoms with van der Waals surface area (Å²) in [7, 11) is 0. The van der Waals surface area contributed by atoms with E-state index in [0.29, 0.717) is 12.1 Å². The molecule has 2 unspecified atom stereocenters. The summed E-state index contributed by atoms with van der Waals surface area (Å²) >= 11 is 0. The predicted octanol–water partition coefficient (Wildman–Crippen LogP) is 2.22. The van der Waals surface area contributed by atoms with Crippen LogP contribution in [0.5, 0.6) is 0 Å². The van der Waals surface area contributed by atoms with E-state index in [0.717, 1.165) is 12.8 Å². The van der Waals surface area contributed by atoms with Crippen LogP contribution >= 0.6 is 0 Å².